The van der Waals surface area contributed by atoms with Crippen LogP contribution < -0.4 is 0 Å². The molecule has 1 aromatic carbocycles. The third-order valence-corrected chi connectivity index (χ3v) is 4.80. The van der Waals surface area contributed by atoms with E-state index in [1.165, 1.54) is 6.07 Å². The van der Waals surface area contributed by atoms with E-state index in [1.807, 2.05) is 0 Å². The van der Waals surface area contributed by atoms with E-state index in [9.17, 15) is 9.18 Å². The minimum absolute atomic E-state index is 0.135. The van der Waals surface area contributed by atoms with Crippen molar-refractivity contribution < 1.29 is 9.18 Å². The van der Waals surface area contributed by atoms with Crippen LogP contribution in [0.4, 0.5) is 4.39 Å². The van der Waals surface area contributed by atoms with E-state index >= 15 is 0 Å². The Hall–Kier alpha value is -0.940. The van der Waals surface area contributed by atoms with E-state index in [2.05, 4.69) is 27.8 Å². The first-order valence-corrected chi connectivity index (χ1v) is 8.27. The van der Waals surface area contributed by atoms with Gasteiger partial charge in [-0.1, -0.05) is 13.0 Å². The topological polar surface area (TPSA) is 23.6 Å². The predicted molar refractivity (Wildman–Crippen MR) is 85.9 cm³/mol. The normalized spacial score (nSPS) is 17.0. The fourth-order valence-electron chi connectivity index (χ4n) is 2.89. The lowest BCUT2D eigenvalue weighted by Gasteiger charge is -2.36. The Balaban J connectivity index is 2.04. The molecule has 5 heteroatoms. The number of hydrogen-bond acceptors (Lipinski definition) is 2. The van der Waals surface area contributed by atoms with Crippen LogP contribution >= 0.6 is 15.9 Å². The first-order valence-electron chi connectivity index (χ1n) is 7.48. The minimum Gasteiger partial charge on any atom is -0.339 e. The lowest BCUT2D eigenvalue weighted by molar-refractivity contribution is 0.0637. The van der Waals surface area contributed by atoms with E-state index in [-0.39, 0.29) is 17.5 Å². The fraction of sp³-hybridized carbons (Fsp3) is 0.562. The standard InChI is InChI=1S/C16H22BrFN2O/c1-3-9-20-10-7-12(8-11-20)19(2)16(21)15-13(17)5-4-6-14(15)18/h4-6,12H,3,7-11H2,1-2H3. The number of likely N-dealkylation sites (tertiary alicyclic amines) is 1. The van der Waals surface area contributed by atoms with Gasteiger partial charge in [-0.25, -0.2) is 4.39 Å². The van der Waals surface area contributed by atoms with Crippen LogP contribution in [0.1, 0.15) is 36.5 Å². The largest absolute Gasteiger partial charge is 0.339 e. The zero-order valence-electron chi connectivity index (χ0n) is 12.6. The number of carbonyl (C=O) groups is 1. The van der Waals surface area contributed by atoms with E-state index in [1.54, 1.807) is 24.1 Å². The molecule has 0 bridgehead atoms. The number of carbonyl (C=O) groups excluding carboxylic acids is 1. The molecule has 0 spiro atoms. The minimum atomic E-state index is -0.468. The lowest BCUT2D eigenvalue weighted by Crippen LogP contribution is -2.46. The zero-order chi connectivity index (χ0) is 15.4. The maximum absolute atomic E-state index is 13.9. The molecule has 0 atom stereocenters. The summed E-state index contributed by atoms with van der Waals surface area (Å²) in [6.45, 7) is 5.31. The van der Waals surface area contributed by atoms with Crippen molar-refractivity contribution >= 4 is 21.8 Å². The number of nitrogens with zero attached hydrogens (tertiary/aromatic N) is 2. The second kappa shape index (κ2) is 7.36. The van der Waals surface area contributed by atoms with Gasteiger partial charge in [-0.2, -0.15) is 0 Å². The molecule has 1 aliphatic heterocycles. The van der Waals surface area contributed by atoms with Crippen LogP contribution in [-0.2, 0) is 0 Å². The van der Waals surface area contributed by atoms with Crippen LogP contribution in [0.25, 0.3) is 0 Å². The molecule has 1 amide bonds. The molecule has 0 radical (unpaired) electrons. The van der Waals surface area contributed by atoms with Gasteiger partial charge in [0.15, 0.2) is 0 Å². The van der Waals surface area contributed by atoms with Crippen molar-refractivity contribution in [3.8, 4) is 0 Å². The summed E-state index contributed by atoms with van der Waals surface area (Å²) in [6.07, 6.45) is 3.06. The summed E-state index contributed by atoms with van der Waals surface area (Å²) in [5.74, 6) is -0.710. The van der Waals surface area contributed by atoms with Crippen molar-refractivity contribution in [2.45, 2.75) is 32.2 Å². The smallest absolute Gasteiger partial charge is 0.257 e. The van der Waals surface area contributed by atoms with Gasteiger partial charge in [0.1, 0.15) is 5.82 Å². The first-order chi connectivity index (χ1) is 10.0. The molecule has 0 saturated carbocycles. The third kappa shape index (κ3) is 3.83. The maximum atomic E-state index is 13.9. The molecule has 21 heavy (non-hydrogen) atoms. The number of benzene rings is 1. The molecule has 0 aromatic heterocycles. The third-order valence-electron chi connectivity index (χ3n) is 4.14. The van der Waals surface area contributed by atoms with Gasteiger partial charge >= 0.3 is 0 Å². The van der Waals surface area contributed by atoms with Crippen molar-refractivity contribution in [1.82, 2.24) is 9.80 Å². The second-order valence-corrected chi connectivity index (χ2v) is 6.44. The van der Waals surface area contributed by atoms with Crippen LogP contribution in [0.2, 0.25) is 0 Å². The number of rotatable bonds is 4. The monoisotopic (exact) mass is 356 g/mol. The first kappa shape index (κ1) is 16.4. The molecule has 0 aliphatic carbocycles. The Bertz CT molecular complexity index is 481. The number of piperidine rings is 1. The van der Waals surface area contributed by atoms with Crippen LogP contribution in [0, 0.1) is 5.82 Å². The average Bonchev–Trinajstić information content (AvgIpc) is 2.47. The molecule has 116 valence electrons. The van der Waals surface area contributed by atoms with Crippen LogP contribution in [-0.4, -0.2) is 48.4 Å². The fourth-order valence-corrected chi connectivity index (χ4v) is 3.40. The van der Waals surface area contributed by atoms with Gasteiger partial charge < -0.3 is 9.80 Å². The summed E-state index contributed by atoms with van der Waals surface area (Å²) in [5.41, 5.74) is 0.135. The van der Waals surface area contributed by atoms with E-state index in [0.717, 1.165) is 38.9 Å². The highest BCUT2D eigenvalue weighted by Gasteiger charge is 2.27. The van der Waals surface area contributed by atoms with E-state index in [4.69, 9.17) is 0 Å². The van der Waals surface area contributed by atoms with Crippen LogP contribution in [0.3, 0.4) is 0 Å². The summed E-state index contributed by atoms with van der Waals surface area (Å²) < 4.78 is 14.4. The molecule has 1 aliphatic rings. The van der Waals surface area contributed by atoms with E-state index < -0.39 is 5.82 Å². The highest BCUT2D eigenvalue weighted by Crippen LogP contribution is 2.24. The molecule has 1 fully saturated rings. The molecule has 3 nitrogen and oxygen atoms in total. The quantitative estimate of drug-likeness (QED) is 0.823. The average molecular weight is 357 g/mol. The van der Waals surface area contributed by atoms with Crippen molar-refractivity contribution in [3.63, 3.8) is 0 Å². The maximum Gasteiger partial charge on any atom is 0.257 e. The lowest BCUT2D eigenvalue weighted by atomic mass is 10.0. The highest BCUT2D eigenvalue weighted by atomic mass is 79.9. The molecule has 1 saturated heterocycles. The van der Waals surface area contributed by atoms with E-state index in [0.29, 0.717) is 4.47 Å². The summed E-state index contributed by atoms with van der Waals surface area (Å²) in [5, 5.41) is 0. The SMILES string of the molecule is CCCN1CCC(N(C)C(=O)c2c(F)cccc2Br)CC1. The Morgan fingerprint density at radius 1 is 1.43 bits per heavy atom. The molecule has 1 aromatic rings. The number of hydrogen-bond donors (Lipinski definition) is 0. The number of halogens is 2. The van der Waals surface area contributed by atoms with Crippen LogP contribution in [0.5, 0.6) is 0 Å². The van der Waals surface area contributed by atoms with Gasteiger partial charge in [-0.3, -0.25) is 4.79 Å². The summed E-state index contributed by atoms with van der Waals surface area (Å²) >= 11 is 3.27. The molecule has 1 heterocycles. The molecule has 2 rings (SSSR count). The highest BCUT2D eigenvalue weighted by molar-refractivity contribution is 9.10. The second-order valence-electron chi connectivity index (χ2n) is 5.59. The molecular weight excluding hydrogens is 335 g/mol. The van der Waals surface area contributed by atoms with Crippen molar-refractivity contribution in [3.05, 3.63) is 34.1 Å². The van der Waals surface area contributed by atoms with Gasteiger partial charge in [-0.05, 0) is 53.9 Å². The summed E-state index contributed by atoms with van der Waals surface area (Å²) in [4.78, 5) is 16.7. The summed E-state index contributed by atoms with van der Waals surface area (Å²) in [7, 11) is 1.78. The van der Waals surface area contributed by atoms with Crippen molar-refractivity contribution in [2.75, 3.05) is 26.7 Å². The zero-order valence-corrected chi connectivity index (χ0v) is 14.2. The van der Waals surface area contributed by atoms with Gasteiger partial charge in [-0.15, -0.1) is 0 Å². The van der Waals surface area contributed by atoms with Crippen LogP contribution in [0.15, 0.2) is 22.7 Å². The van der Waals surface area contributed by atoms with Gasteiger partial charge in [0.2, 0.25) is 0 Å². The van der Waals surface area contributed by atoms with Gasteiger partial charge in [0.25, 0.3) is 5.91 Å². The van der Waals surface area contributed by atoms with Crippen molar-refractivity contribution in [2.24, 2.45) is 0 Å². The summed E-state index contributed by atoms with van der Waals surface area (Å²) in [6, 6.07) is 4.82. The molecule has 0 unspecified atom stereocenters. The molecule has 0 N–H and O–H groups in total. The Morgan fingerprint density at radius 3 is 2.67 bits per heavy atom. The Morgan fingerprint density at radius 2 is 2.10 bits per heavy atom. The molecular formula is C16H22BrFN2O. The van der Waals surface area contributed by atoms with Crippen molar-refractivity contribution in [1.29, 1.82) is 0 Å². The van der Waals surface area contributed by atoms with Gasteiger partial charge in [0, 0.05) is 30.7 Å². The van der Waals surface area contributed by atoms with Gasteiger partial charge in [0.05, 0.1) is 5.56 Å². The Labute approximate surface area is 134 Å². The predicted octanol–water partition coefficient (Wildman–Crippen LogP) is 3.53. The number of amides is 1. The Kier molecular flexibility index (Phi) is 5.76.